The van der Waals surface area contributed by atoms with Gasteiger partial charge in [0.2, 0.25) is 0 Å². The molecule has 5 nitrogen and oxygen atoms in total. The maximum Gasteiger partial charge on any atom is 0.344 e. The molecule has 2 N–H and O–H groups in total. The van der Waals surface area contributed by atoms with E-state index in [1.165, 1.54) is 6.26 Å². The van der Waals surface area contributed by atoms with Crippen molar-refractivity contribution < 1.29 is 4.55 Å². The molecule has 2 heterocycles. The fourth-order valence-corrected chi connectivity index (χ4v) is 1.46. The van der Waals surface area contributed by atoms with E-state index in [0.29, 0.717) is 11.5 Å². The van der Waals surface area contributed by atoms with Crippen molar-refractivity contribution in [2.75, 3.05) is 12.0 Å². The van der Waals surface area contributed by atoms with Gasteiger partial charge in [-0.25, -0.2) is 4.98 Å². The molecule has 0 aliphatic rings. The number of fused-ring (bicyclic) bond motifs is 1. The van der Waals surface area contributed by atoms with Gasteiger partial charge < -0.3 is 10.3 Å². The van der Waals surface area contributed by atoms with Gasteiger partial charge in [0, 0.05) is 22.8 Å². The Hall–Kier alpha value is -1.40. The minimum atomic E-state index is -1.19. The summed E-state index contributed by atoms with van der Waals surface area (Å²) >= 11 is -1.19. The van der Waals surface area contributed by atoms with Crippen LogP contribution in [0.2, 0.25) is 0 Å². The van der Waals surface area contributed by atoms with E-state index >= 15 is 0 Å². The zero-order valence-electron chi connectivity index (χ0n) is 7.47. The van der Waals surface area contributed by atoms with Crippen molar-refractivity contribution in [3.8, 4) is 0 Å². The molecule has 0 radical (unpaired) electrons. The van der Waals surface area contributed by atoms with Gasteiger partial charge in [0.1, 0.15) is 12.1 Å². The van der Waals surface area contributed by atoms with Gasteiger partial charge in [-0.1, -0.05) is 0 Å². The molecule has 0 aliphatic carbocycles. The van der Waals surface area contributed by atoms with E-state index < -0.39 is 11.2 Å². The molecular formula is C8H8N4OS. The molecule has 14 heavy (non-hydrogen) atoms. The highest BCUT2D eigenvalue weighted by atomic mass is 32.2. The SMILES string of the molecule is C[S+]([O-])c1ncc2ccc(N)nc2n1. The van der Waals surface area contributed by atoms with Crippen LogP contribution >= 0.6 is 0 Å². The van der Waals surface area contributed by atoms with Crippen molar-refractivity contribution in [3.63, 3.8) is 0 Å². The molecule has 0 bridgehead atoms. The van der Waals surface area contributed by atoms with E-state index in [0.717, 1.165) is 5.39 Å². The molecular weight excluding hydrogens is 200 g/mol. The Morgan fingerprint density at radius 1 is 1.36 bits per heavy atom. The molecule has 2 aromatic rings. The summed E-state index contributed by atoms with van der Waals surface area (Å²) < 4.78 is 11.1. The maximum atomic E-state index is 11.1. The van der Waals surface area contributed by atoms with Gasteiger partial charge in [0.05, 0.1) is 0 Å². The Kier molecular flexibility index (Phi) is 2.22. The quantitative estimate of drug-likeness (QED) is 0.539. The lowest BCUT2D eigenvalue weighted by atomic mass is 10.3. The zero-order chi connectivity index (χ0) is 10.1. The van der Waals surface area contributed by atoms with Gasteiger partial charge in [0.15, 0.2) is 5.65 Å². The van der Waals surface area contributed by atoms with Gasteiger partial charge in [-0.15, -0.1) is 0 Å². The van der Waals surface area contributed by atoms with Crippen LogP contribution in [0.3, 0.4) is 0 Å². The van der Waals surface area contributed by atoms with Gasteiger partial charge >= 0.3 is 5.16 Å². The molecule has 1 atom stereocenters. The van der Waals surface area contributed by atoms with Crippen molar-refractivity contribution >= 4 is 28.0 Å². The van der Waals surface area contributed by atoms with Gasteiger partial charge in [-0.05, 0) is 12.1 Å². The number of nitrogens with two attached hydrogens (primary N) is 1. The van der Waals surface area contributed by atoms with Crippen LogP contribution in [0.4, 0.5) is 5.82 Å². The molecule has 0 fully saturated rings. The first kappa shape index (κ1) is 9.17. The number of hydrogen-bond acceptors (Lipinski definition) is 5. The highest BCUT2D eigenvalue weighted by molar-refractivity contribution is 7.90. The number of rotatable bonds is 1. The highest BCUT2D eigenvalue weighted by Gasteiger charge is 2.09. The van der Waals surface area contributed by atoms with Gasteiger partial charge in [-0.3, -0.25) is 0 Å². The number of aromatic nitrogens is 3. The first-order valence-electron chi connectivity index (χ1n) is 3.89. The topological polar surface area (TPSA) is 87.8 Å². The summed E-state index contributed by atoms with van der Waals surface area (Å²) in [5, 5.41) is 1.06. The summed E-state index contributed by atoms with van der Waals surface area (Å²) in [5.41, 5.74) is 5.98. The van der Waals surface area contributed by atoms with E-state index in [1.807, 2.05) is 0 Å². The lowest BCUT2D eigenvalue weighted by Gasteiger charge is -2.02. The van der Waals surface area contributed by atoms with Gasteiger partial charge in [-0.2, -0.15) is 9.97 Å². The summed E-state index contributed by atoms with van der Waals surface area (Å²) in [5.74, 6) is 0.393. The number of nitrogen functional groups attached to an aromatic ring is 1. The standard InChI is InChI=1S/C8H8N4OS/c1-14(13)8-10-4-5-2-3-6(9)11-7(5)12-8/h2-4H,1H3,(H2,9,10,11,12). The molecule has 72 valence electrons. The van der Waals surface area contributed by atoms with Crippen LogP contribution in [-0.2, 0) is 11.2 Å². The van der Waals surface area contributed by atoms with E-state index in [-0.39, 0.29) is 5.16 Å². The van der Waals surface area contributed by atoms with Crippen molar-refractivity contribution in [1.82, 2.24) is 15.0 Å². The molecule has 0 aromatic carbocycles. The van der Waals surface area contributed by atoms with Crippen LogP contribution < -0.4 is 5.73 Å². The molecule has 0 saturated carbocycles. The second kappa shape index (κ2) is 3.39. The van der Waals surface area contributed by atoms with Gasteiger partial charge in [0.25, 0.3) is 0 Å². The molecule has 0 amide bonds. The summed E-state index contributed by atoms with van der Waals surface area (Å²) in [4.78, 5) is 12.0. The first-order valence-corrected chi connectivity index (χ1v) is 5.45. The average molecular weight is 208 g/mol. The largest absolute Gasteiger partial charge is 0.609 e. The minimum Gasteiger partial charge on any atom is -0.609 e. The number of hydrogen-bond donors (Lipinski definition) is 1. The highest BCUT2D eigenvalue weighted by Crippen LogP contribution is 2.12. The van der Waals surface area contributed by atoms with Crippen LogP contribution in [0.1, 0.15) is 0 Å². The zero-order valence-corrected chi connectivity index (χ0v) is 8.28. The van der Waals surface area contributed by atoms with Crippen LogP contribution in [0.25, 0.3) is 11.0 Å². The molecule has 0 saturated heterocycles. The maximum absolute atomic E-state index is 11.1. The third kappa shape index (κ3) is 1.61. The van der Waals surface area contributed by atoms with E-state index in [1.54, 1.807) is 18.3 Å². The summed E-state index contributed by atoms with van der Waals surface area (Å²) in [6.07, 6.45) is 3.11. The predicted octanol–water partition coefficient (Wildman–Crippen LogP) is 0.344. The van der Waals surface area contributed by atoms with E-state index in [9.17, 15) is 4.55 Å². The summed E-state index contributed by atoms with van der Waals surface area (Å²) in [6.45, 7) is 0. The van der Waals surface area contributed by atoms with Crippen molar-refractivity contribution in [2.24, 2.45) is 0 Å². The summed E-state index contributed by atoms with van der Waals surface area (Å²) in [6, 6.07) is 3.45. The lowest BCUT2D eigenvalue weighted by molar-refractivity contribution is 0.592. The molecule has 6 heteroatoms. The molecule has 2 rings (SSSR count). The van der Waals surface area contributed by atoms with Crippen LogP contribution in [0.15, 0.2) is 23.5 Å². The third-order valence-electron chi connectivity index (χ3n) is 1.70. The molecule has 1 unspecified atom stereocenters. The first-order chi connectivity index (χ1) is 6.66. The summed E-state index contributed by atoms with van der Waals surface area (Å²) in [7, 11) is 0. The fraction of sp³-hybridized carbons (Fsp3) is 0.125. The second-order valence-corrected chi connectivity index (χ2v) is 4.03. The van der Waals surface area contributed by atoms with E-state index in [2.05, 4.69) is 15.0 Å². The normalized spacial score (nSPS) is 13.0. The second-order valence-electron chi connectivity index (χ2n) is 2.76. The smallest absolute Gasteiger partial charge is 0.344 e. The van der Waals surface area contributed by atoms with Crippen LogP contribution in [0, 0.1) is 0 Å². The van der Waals surface area contributed by atoms with Crippen molar-refractivity contribution in [3.05, 3.63) is 18.3 Å². The van der Waals surface area contributed by atoms with Crippen molar-refractivity contribution in [2.45, 2.75) is 5.16 Å². The average Bonchev–Trinajstić information content (AvgIpc) is 2.16. The number of anilines is 1. The van der Waals surface area contributed by atoms with E-state index in [4.69, 9.17) is 5.73 Å². The number of nitrogens with zero attached hydrogens (tertiary/aromatic N) is 3. The fourth-order valence-electron chi connectivity index (χ4n) is 1.05. The Labute approximate surface area is 83.6 Å². The van der Waals surface area contributed by atoms with Crippen LogP contribution in [0.5, 0.6) is 0 Å². The van der Waals surface area contributed by atoms with Crippen molar-refractivity contribution in [1.29, 1.82) is 0 Å². The lowest BCUT2D eigenvalue weighted by Crippen LogP contribution is -2.04. The Morgan fingerprint density at radius 3 is 2.86 bits per heavy atom. The van der Waals surface area contributed by atoms with Crippen LogP contribution in [-0.4, -0.2) is 25.8 Å². The Morgan fingerprint density at radius 2 is 2.14 bits per heavy atom. The monoisotopic (exact) mass is 208 g/mol. The predicted molar refractivity (Wildman–Crippen MR) is 54.1 cm³/mol. The third-order valence-corrected chi connectivity index (χ3v) is 2.41. The Bertz CT molecular complexity index is 474. The Balaban J connectivity index is 2.63. The molecule has 2 aromatic heterocycles. The molecule has 0 spiro atoms. The molecule has 0 aliphatic heterocycles. The number of pyridine rings is 1. The minimum absolute atomic E-state index is 0.274.